The first-order valence-corrected chi connectivity index (χ1v) is 6.47. The van der Waals surface area contributed by atoms with Crippen LogP contribution in [0.1, 0.15) is 11.6 Å². The minimum atomic E-state index is -4.64. The molecule has 0 saturated carbocycles. The first-order chi connectivity index (χ1) is 10.4. The molecule has 1 unspecified atom stereocenters. The first-order valence-electron chi connectivity index (χ1n) is 6.47. The van der Waals surface area contributed by atoms with E-state index in [1.54, 1.807) is 24.3 Å². The molecule has 2 aromatic rings. The Morgan fingerprint density at radius 1 is 1.23 bits per heavy atom. The van der Waals surface area contributed by atoms with E-state index in [9.17, 15) is 18.0 Å². The fraction of sp³-hybridized carbons (Fsp3) is 0.286. The second-order valence-corrected chi connectivity index (χ2v) is 4.82. The molecule has 1 aromatic carbocycles. The molecule has 2 heterocycles. The minimum absolute atomic E-state index is 0.103. The molecule has 8 heteroatoms. The average Bonchev–Trinajstić information content (AvgIpc) is 2.88. The summed E-state index contributed by atoms with van der Waals surface area (Å²) in [6.07, 6.45) is -3.55. The number of benzene rings is 1. The third kappa shape index (κ3) is 2.30. The highest BCUT2D eigenvalue weighted by Crippen LogP contribution is 2.41. The van der Waals surface area contributed by atoms with Crippen LogP contribution in [0.4, 0.5) is 19.1 Å². The Morgan fingerprint density at radius 2 is 1.91 bits per heavy atom. The van der Waals surface area contributed by atoms with E-state index >= 15 is 0 Å². The summed E-state index contributed by atoms with van der Waals surface area (Å²) in [5.74, 6) is 0.161. The number of methoxy groups -OCH3 is 1. The summed E-state index contributed by atoms with van der Waals surface area (Å²) in [6, 6.07) is 6.40. The molecule has 22 heavy (non-hydrogen) atoms. The summed E-state index contributed by atoms with van der Waals surface area (Å²) in [5.41, 5.74) is -0.0710. The van der Waals surface area contributed by atoms with Crippen molar-refractivity contribution in [2.24, 2.45) is 0 Å². The van der Waals surface area contributed by atoms with Crippen molar-refractivity contribution < 1.29 is 17.9 Å². The number of alkyl halides is 3. The van der Waals surface area contributed by atoms with Gasteiger partial charge in [0.2, 0.25) is 5.95 Å². The summed E-state index contributed by atoms with van der Waals surface area (Å²) in [4.78, 5) is 15.7. The maximum atomic E-state index is 13.4. The summed E-state index contributed by atoms with van der Waals surface area (Å²) in [5, 5.41) is 0. The predicted molar refractivity (Wildman–Crippen MR) is 72.8 cm³/mol. The van der Waals surface area contributed by atoms with Gasteiger partial charge >= 0.3 is 6.30 Å². The van der Waals surface area contributed by atoms with Gasteiger partial charge in [0.1, 0.15) is 5.75 Å². The standard InChI is InChI=1S/C14H12F3N3O2/c1-22-10-4-2-9(3-5-10)11-8-19-12(21)6-7-18-13(19)20(11)14(15,16)17/h2-7,11H,8H2,1H3. The Balaban J connectivity index is 2.08. The van der Waals surface area contributed by atoms with Crippen LogP contribution < -0.4 is 15.2 Å². The molecule has 0 radical (unpaired) electrons. The molecule has 1 aliphatic heterocycles. The van der Waals surface area contributed by atoms with Gasteiger partial charge in [-0.1, -0.05) is 12.1 Å². The number of nitrogens with zero attached hydrogens (tertiary/aromatic N) is 3. The molecule has 116 valence electrons. The van der Waals surface area contributed by atoms with Crippen LogP contribution in [-0.4, -0.2) is 23.0 Å². The van der Waals surface area contributed by atoms with Gasteiger partial charge in [-0.2, -0.15) is 0 Å². The lowest BCUT2D eigenvalue weighted by molar-refractivity contribution is -0.134. The van der Waals surface area contributed by atoms with Crippen molar-refractivity contribution >= 4 is 5.95 Å². The maximum Gasteiger partial charge on any atom is 0.487 e. The zero-order chi connectivity index (χ0) is 15.9. The number of aromatic nitrogens is 2. The van der Waals surface area contributed by atoms with E-state index in [-0.39, 0.29) is 17.4 Å². The lowest BCUT2D eigenvalue weighted by Gasteiger charge is -2.27. The van der Waals surface area contributed by atoms with Crippen molar-refractivity contribution in [3.05, 3.63) is 52.4 Å². The molecule has 0 amide bonds. The molecule has 3 rings (SSSR count). The van der Waals surface area contributed by atoms with Crippen LogP contribution in [0, 0.1) is 0 Å². The van der Waals surface area contributed by atoms with Crippen molar-refractivity contribution in [3.8, 4) is 5.75 Å². The van der Waals surface area contributed by atoms with Gasteiger partial charge in [-0.25, -0.2) is 9.88 Å². The summed E-state index contributed by atoms with van der Waals surface area (Å²) < 4.78 is 46.2. The van der Waals surface area contributed by atoms with E-state index in [0.717, 1.165) is 16.8 Å². The van der Waals surface area contributed by atoms with Crippen molar-refractivity contribution in [1.29, 1.82) is 0 Å². The lowest BCUT2D eigenvalue weighted by atomic mass is 10.1. The van der Waals surface area contributed by atoms with Crippen LogP contribution >= 0.6 is 0 Å². The molecule has 5 nitrogen and oxygen atoms in total. The smallest absolute Gasteiger partial charge is 0.487 e. The Kier molecular flexibility index (Phi) is 3.31. The van der Waals surface area contributed by atoms with Crippen LogP contribution in [0.15, 0.2) is 41.3 Å². The molecule has 0 fully saturated rings. The third-order valence-corrected chi connectivity index (χ3v) is 3.57. The summed E-state index contributed by atoms with van der Waals surface area (Å²) in [7, 11) is 1.48. The number of hydrogen-bond acceptors (Lipinski definition) is 4. The highest BCUT2D eigenvalue weighted by atomic mass is 19.4. The first kappa shape index (κ1) is 14.4. The molecule has 0 aliphatic carbocycles. The molecule has 1 aromatic heterocycles. The fourth-order valence-electron chi connectivity index (χ4n) is 2.55. The average molecular weight is 311 g/mol. The van der Waals surface area contributed by atoms with Crippen LogP contribution in [0.25, 0.3) is 0 Å². The Bertz CT molecular complexity index is 740. The van der Waals surface area contributed by atoms with E-state index in [0.29, 0.717) is 11.3 Å². The van der Waals surface area contributed by atoms with Gasteiger partial charge in [0.05, 0.1) is 19.7 Å². The maximum absolute atomic E-state index is 13.4. The number of ether oxygens (including phenoxy) is 1. The fourth-order valence-corrected chi connectivity index (χ4v) is 2.55. The van der Waals surface area contributed by atoms with Gasteiger partial charge in [0, 0.05) is 12.3 Å². The van der Waals surface area contributed by atoms with E-state index in [1.807, 2.05) is 0 Å². The molecular formula is C14H12F3N3O2. The molecule has 0 saturated heterocycles. The molecule has 0 N–H and O–H groups in total. The van der Waals surface area contributed by atoms with Crippen molar-refractivity contribution in [2.75, 3.05) is 12.0 Å². The number of anilines is 1. The van der Waals surface area contributed by atoms with Gasteiger partial charge in [0.15, 0.2) is 0 Å². The summed E-state index contributed by atoms with van der Waals surface area (Å²) in [6.45, 7) is -0.103. The number of rotatable bonds is 2. The quantitative estimate of drug-likeness (QED) is 0.799. The Hall–Kier alpha value is -2.51. The number of hydrogen-bond donors (Lipinski definition) is 0. The van der Waals surface area contributed by atoms with Crippen molar-refractivity contribution in [3.63, 3.8) is 0 Å². The largest absolute Gasteiger partial charge is 0.497 e. The molecule has 1 aliphatic rings. The van der Waals surface area contributed by atoms with Crippen LogP contribution in [0.3, 0.4) is 0 Å². The van der Waals surface area contributed by atoms with E-state index < -0.39 is 17.9 Å². The molecule has 0 spiro atoms. The highest BCUT2D eigenvalue weighted by Gasteiger charge is 2.48. The predicted octanol–water partition coefficient (Wildman–Crippen LogP) is 2.33. The van der Waals surface area contributed by atoms with E-state index in [1.165, 1.54) is 7.11 Å². The van der Waals surface area contributed by atoms with Gasteiger partial charge in [-0.3, -0.25) is 9.36 Å². The second-order valence-electron chi connectivity index (χ2n) is 4.82. The monoisotopic (exact) mass is 311 g/mol. The molecule has 1 atom stereocenters. The topological polar surface area (TPSA) is 47.4 Å². The van der Waals surface area contributed by atoms with Gasteiger partial charge in [-0.05, 0) is 17.7 Å². The van der Waals surface area contributed by atoms with Crippen molar-refractivity contribution in [2.45, 2.75) is 18.9 Å². The third-order valence-electron chi connectivity index (χ3n) is 3.57. The number of halogens is 3. The van der Waals surface area contributed by atoms with E-state index in [4.69, 9.17) is 4.74 Å². The zero-order valence-electron chi connectivity index (χ0n) is 11.5. The van der Waals surface area contributed by atoms with E-state index in [2.05, 4.69) is 4.98 Å². The number of fused-ring (bicyclic) bond motifs is 1. The van der Waals surface area contributed by atoms with Crippen LogP contribution in [-0.2, 0) is 6.54 Å². The van der Waals surface area contributed by atoms with Gasteiger partial charge in [-0.15, -0.1) is 13.2 Å². The second kappa shape index (κ2) is 5.04. The lowest BCUT2D eigenvalue weighted by Crippen LogP contribution is -2.39. The minimum Gasteiger partial charge on any atom is -0.497 e. The molecule has 0 bridgehead atoms. The zero-order valence-corrected chi connectivity index (χ0v) is 11.5. The van der Waals surface area contributed by atoms with Crippen LogP contribution in [0.2, 0.25) is 0 Å². The van der Waals surface area contributed by atoms with Crippen molar-refractivity contribution in [1.82, 2.24) is 9.55 Å². The Morgan fingerprint density at radius 3 is 2.50 bits per heavy atom. The molecular weight excluding hydrogens is 299 g/mol. The highest BCUT2D eigenvalue weighted by molar-refractivity contribution is 5.43. The van der Waals surface area contributed by atoms with Gasteiger partial charge in [0.25, 0.3) is 5.56 Å². The normalized spacial score (nSPS) is 17.5. The Labute approximate surface area is 123 Å². The SMILES string of the molecule is COc1ccc(C2Cn3c(nccc3=O)N2C(F)(F)F)cc1. The van der Waals surface area contributed by atoms with Gasteiger partial charge < -0.3 is 4.74 Å². The summed E-state index contributed by atoms with van der Waals surface area (Å²) >= 11 is 0. The van der Waals surface area contributed by atoms with Crippen LogP contribution in [0.5, 0.6) is 5.75 Å².